The van der Waals surface area contributed by atoms with E-state index in [4.69, 9.17) is 9.47 Å². The van der Waals surface area contributed by atoms with Crippen LogP contribution >= 0.6 is 0 Å². The van der Waals surface area contributed by atoms with E-state index in [-0.39, 0.29) is 31.1 Å². The van der Waals surface area contributed by atoms with Gasteiger partial charge in [-0.05, 0) is 31.0 Å². The highest BCUT2D eigenvalue weighted by atomic mass is 16.5. The predicted molar refractivity (Wildman–Crippen MR) is 154 cm³/mol. The van der Waals surface area contributed by atoms with Crippen molar-refractivity contribution in [3.63, 3.8) is 0 Å². The number of rotatable bonds is 7. The molecule has 208 valence electrons. The number of ether oxygens (including phenoxy) is 2. The second-order valence-electron chi connectivity index (χ2n) is 9.96. The van der Waals surface area contributed by atoms with E-state index in [0.29, 0.717) is 54.3 Å². The van der Waals surface area contributed by atoms with Crippen LogP contribution in [0.4, 0.5) is 0 Å². The van der Waals surface area contributed by atoms with Gasteiger partial charge in [-0.3, -0.25) is 19.3 Å². The van der Waals surface area contributed by atoms with Gasteiger partial charge in [-0.15, -0.1) is 0 Å². The van der Waals surface area contributed by atoms with Gasteiger partial charge in [0.1, 0.15) is 17.0 Å². The van der Waals surface area contributed by atoms with Gasteiger partial charge < -0.3 is 28.9 Å². The molecule has 1 fully saturated rings. The van der Waals surface area contributed by atoms with Gasteiger partial charge in [0, 0.05) is 71.9 Å². The van der Waals surface area contributed by atoms with Crippen molar-refractivity contribution in [3.8, 4) is 22.6 Å². The van der Waals surface area contributed by atoms with Crippen LogP contribution in [0, 0.1) is 13.8 Å². The Bertz CT molecular complexity index is 1650. The average Bonchev–Trinajstić information content (AvgIpc) is 3.37. The molecule has 0 spiro atoms. The number of fused-ring (bicyclic) bond motifs is 1. The van der Waals surface area contributed by atoms with Gasteiger partial charge in [0.2, 0.25) is 0 Å². The van der Waals surface area contributed by atoms with Crippen LogP contribution < -0.4 is 21.2 Å². The van der Waals surface area contributed by atoms with Crippen molar-refractivity contribution in [2.24, 2.45) is 14.1 Å². The standard InChI is InChI=1S/C29H33N5O5.2H2/c1-18-6-5-7-19(2)27(18)39-24-17-32(3)25(35)15-20(24)22-16-33(4)29(37)26-21(22)14-23(31-26)28(36)30-8-9-34-10-12-38-13-11-34;;/h5-7,14-17,31H,8-13H2,1-4H3,(H,30,36);2*1H. The molecule has 39 heavy (non-hydrogen) atoms. The summed E-state index contributed by atoms with van der Waals surface area (Å²) in [6, 6.07) is 9.05. The number of pyridine rings is 2. The number of morpholine rings is 1. The van der Waals surface area contributed by atoms with E-state index in [9.17, 15) is 14.4 Å². The highest BCUT2D eigenvalue weighted by Gasteiger charge is 2.20. The third-order valence-corrected chi connectivity index (χ3v) is 7.13. The smallest absolute Gasteiger partial charge is 0.274 e. The first-order chi connectivity index (χ1) is 18.7. The van der Waals surface area contributed by atoms with E-state index in [1.165, 1.54) is 15.2 Å². The van der Waals surface area contributed by atoms with Gasteiger partial charge in [-0.1, -0.05) is 18.2 Å². The van der Waals surface area contributed by atoms with Crippen molar-refractivity contribution in [2.75, 3.05) is 39.4 Å². The number of hydrogen-bond donors (Lipinski definition) is 2. The highest BCUT2D eigenvalue weighted by molar-refractivity contribution is 6.03. The van der Waals surface area contributed by atoms with Gasteiger partial charge in [-0.2, -0.15) is 0 Å². The van der Waals surface area contributed by atoms with Gasteiger partial charge in [0.25, 0.3) is 17.0 Å². The minimum Gasteiger partial charge on any atom is -0.455 e. The molecule has 0 radical (unpaired) electrons. The van der Waals surface area contributed by atoms with Crippen LogP contribution in [0.5, 0.6) is 11.5 Å². The minimum atomic E-state index is -0.302. The number of nitrogens with zero attached hydrogens (tertiary/aromatic N) is 3. The summed E-state index contributed by atoms with van der Waals surface area (Å²) in [5.74, 6) is 0.864. The zero-order valence-corrected chi connectivity index (χ0v) is 22.7. The molecule has 1 aliphatic heterocycles. The lowest BCUT2D eigenvalue weighted by Crippen LogP contribution is -2.41. The normalized spacial score (nSPS) is 14.1. The molecular formula is C29H37N5O5. The first-order valence-corrected chi connectivity index (χ1v) is 13.0. The van der Waals surface area contributed by atoms with Crippen molar-refractivity contribution < 1.29 is 17.1 Å². The molecule has 10 heteroatoms. The summed E-state index contributed by atoms with van der Waals surface area (Å²) in [5, 5.41) is 3.47. The van der Waals surface area contributed by atoms with E-state index < -0.39 is 0 Å². The lowest BCUT2D eigenvalue weighted by molar-refractivity contribution is 0.0383. The van der Waals surface area contributed by atoms with Crippen molar-refractivity contribution in [1.82, 2.24) is 24.3 Å². The van der Waals surface area contributed by atoms with E-state index in [2.05, 4.69) is 15.2 Å². The molecule has 1 saturated heterocycles. The summed E-state index contributed by atoms with van der Waals surface area (Å²) in [6.07, 6.45) is 3.32. The quantitative estimate of drug-likeness (QED) is 0.376. The fourth-order valence-corrected chi connectivity index (χ4v) is 4.89. The number of carbonyl (C=O) groups is 1. The molecule has 1 amide bonds. The van der Waals surface area contributed by atoms with Crippen LogP contribution in [0.2, 0.25) is 0 Å². The van der Waals surface area contributed by atoms with Crippen molar-refractivity contribution in [1.29, 1.82) is 0 Å². The van der Waals surface area contributed by atoms with Crippen molar-refractivity contribution >= 4 is 16.8 Å². The van der Waals surface area contributed by atoms with Crippen molar-refractivity contribution in [3.05, 3.63) is 80.3 Å². The molecule has 0 saturated carbocycles. The summed E-state index contributed by atoms with van der Waals surface area (Å²) < 4.78 is 14.7. The fourth-order valence-electron chi connectivity index (χ4n) is 4.89. The molecule has 2 N–H and O–H groups in total. The minimum absolute atomic E-state index is 0. The molecule has 1 aliphatic rings. The number of aromatic amines is 1. The Labute approximate surface area is 228 Å². The maximum absolute atomic E-state index is 13.0. The summed E-state index contributed by atoms with van der Waals surface area (Å²) in [4.78, 5) is 44.1. The number of amides is 1. The average molecular weight is 536 g/mol. The Balaban J connectivity index is 0.00000231. The molecule has 0 bridgehead atoms. The number of para-hydroxylation sites is 1. The number of aromatic nitrogens is 3. The first-order valence-electron chi connectivity index (χ1n) is 13.0. The van der Waals surface area contributed by atoms with Gasteiger partial charge >= 0.3 is 0 Å². The number of nitrogens with one attached hydrogen (secondary N) is 2. The topological polar surface area (TPSA) is 111 Å². The number of hydrogen-bond acceptors (Lipinski definition) is 6. The molecule has 1 aromatic carbocycles. The predicted octanol–water partition coefficient (Wildman–Crippen LogP) is 3.20. The lowest BCUT2D eigenvalue weighted by Gasteiger charge is -2.26. The molecule has 3 aromatic heterocycles. The lowest BCUT2D eigenvalue weighted by atomic mass is 10.0. The largest absolute Gasteiger partial charge is 0.455 e. The Morgan fingerprint density at radius 2 is 1.77 bits per heavy atom. The fraction of sp³-hybridized carbons (Fsp3) is 0.345. The molecule has 0 atom stereocenters. The summed E-state index contributed by atoms with van der Waals surface area (Å²) >= 11 is 0. The third kappa shape index (κ3) is 5.39. The van der Waals surface area contributed by atoms with E-state index >= 15 is 0 Å². The van der Waals surface area contributed by atoms with Crippen LogP contribution in [0.15, 0.2) is 52.3 Å². The molecule has 0 aliphatic carbocycles. The second kappa shape index (κ2) is 10.9. The number of H-pyrrole nitrogens is 1. The Morgan fingerprint density at radius 3 is 2.49 bits per heavy atom. The highest BCUT2D eigenvalue weighted by Crippen LogP contribution is 2.37. The summed E-state index contributed by atoms with van der Waals surface area (Å²) in [5.41, 5.74) is 3.11. The monoisotopic (exact) mass is 535 g/mol. The van der Waals surface area contributed by atoms with Crippen LogP contribution in [-0.4, -0.2) is 64.3 Å². The molecule has 4 aromatic rings. The number of carbonyl (C=O) groups excluding carboxylic acids is 1. The Kier molecular flexibility index (Phi) is 7.40. The zero-order valence-electron chi connectivity index (χ0n) is 22.7. The van der Waals surface area contributed by atoms with E-state index in [0.717, 1.165) is 24.2 Å². The first kappa shape index (κ1) is 26.5. The molecular weight excluding hydrogens is 498 g/mol. The molecule has 4 heterocycles. The molecule has 10 nitrogen and oxygen atoms in total. The van der Waals surface area contributed by atoms with Crippen LogP contribution in [0.1, 0.15) is 24.5 Å². The molecule has 5 rings (SSSR count). The van der Waals surface area contributed by atoms with Crippen molar-refractivity contribution in [2.45, 2.75) is 13.8 Å². The molecule has 0 unspecified atom stereocenters. The van der Waals surface area contributed by atoms with E-state index in [1.807, 2.05) is 32.0 Å². The van der Waals surface area contributed by atoms with Gasteiger partial charge in [-0.25, -0.2) is 0 Å². The van der Waals surface area contributed by atoms with Gasteiger partial charge in [0.05, 0.1) is 19.4 Å². The Morgan fingerprint density at radius 1 is 1.05 bits per heavy atom. The van der Waals surface area contributed by atoms with Crippen LogP contribution in [0.25, 0.3) is 22.0 Å². The van der Waals surface area contributed by atoms with Crippen LogP contribution in [0.3, 0.4) is 0 Å². The third-order valence-electron chi connectivity index (χ3n) is 7.13. The Hall–Kier alpha value is -4.15. The number of aryl methyl sites for hydroxylation is 4. The second-order valence-corrected chi connectivity index (χ2v) is 9.96. The maximum Gasteiger partial charge on any atom is 0.274 e. The summed E-state index contributed by atoms with van der Waals surface area (Å²) in [7, 11) is 3.30. The summed E-state index contributed by atoms with van der Waals surface area (Å²) in [6.45, 7) is 8.18. The van der Waals surface area contributed by atoms with Crippen LogP contribution in [-0.2, 0) is 18.8 Å². The zero-order chi connectivity index (χ0) is 27.7. The SMILES string of the molecule is Cc1cccc(C)c1Oc1cn(C)c(=O)cc1-c1cn(C)c(=O)c2[nH]c(C(=O)NCCN3CCOCC3)cc12.[HH].[HH]. The van der Waals surface area contributed by atoms with E-state index in [1.54, 1.807) is 32.6 Å². The maximum atomic E-state index is 13.0. The van der Waals surface area contributed by atoms with Gasteiger partial charge in [0.15, 0.2) is 5.75 Å². The number of benzene rings is 1.